The maximum atomic E-state index is 13.4. The Morgan fingerprint density at radius 1 is 1.13 bits per heavy atom. The number of Topliss-reactive ketones (excluding diaryl/α,β-unsaturated/α-hetero) is 3. The normalized spacial score (nSPS) is 16.7. The molecule has 0 spiro atoms. The van der Waals surface area contributed by atoms with Crippen LogP contribution in [0, 0.1) is 17.8 Å². The van der Waals surface area contributed by atoms with Crippen LogP contribution in [0.25, 0.3) is 0 Å². The van der Waals surface area contributed by atoms with Gasteiger partial charge in [0.2, 0.25) is 0 Å². The van der Waals surface area contributed by atoms with Crippen LogP contribution < -0.4 is 9.62 Å². The highest BCUT2D eigenvalue weighted by molar-refractivity contribution is 7.92. The number of phenolic OH excluding ortho intramolecular Hbond substituents is 1. The molecule has 0 fully saturated rings. The highest BCUT2D eigenvalue weighted by Gasteiger charge is 2.36. The van der Waals surface area contributed by atoms with Crippen molar-refractivity contribution in [3.05, 3.63) is 47.5 Å². The summed E-state index contributed by atoms with van der Waals surface area (Å²) in [5, 5.41) is 30.6. The number of phenols is 1. The van der Waals surface area contributed by atoms with Gasteiger partial charge in [0.05, 0.1) is 29.2 Å². The fourth-order valence-electron chi connectivity index (χ4n) is 5.34. The molecular weight excluding hydrogens is 524 g/mol. The summed E-state index contributed by atoms with van der Waals surface area (Å²) in [5.41, 5.74) is 1.05. The van der Waals surface area contributed by atoms with Crippen LogP contribution >= 0.6 is 0 Å². The Balaban J connectivity index is 1.95. The minimum atomic E-state index is -4.03. The van der Waals surface area contributed by atoms with Gasteiger partial charge in [-0.2, -0.15) is 0 Å². The summed E-state index contributed by atoms with van der Waals surface area (Å²) in [6, 6.07) is 9.17. The molecule has 1 aliphatic rings. The summed E-state index contributed by atoms with van der Waals surface area (Å²) in [7, 11) is -0.542. The average Bonchev–Trinajstić information content (AvgIpc) is 2.86. The number of nitrogens with zero attached hydrogens (tertiary/aromatic N) is 1. The topological polar surface area (TPSA) is 161 Å². The lowest BCUT2D eigenvalue weighted by atomic mass is 9.73. The van der Waals surface area contributed by atoms with Gasteiger partial charge in [0.15, 0.2) is 11.5 Å². The van der Waals surface area contributed by atoms with Crippen LogP contribution in [-0.2, 0) is 26.0 Å². The lowest BCUT2D eigenvalue weighted by molar-refractivity contribution is -0.131. The minimum absolute atomic E-state index is 0.00703. The van der Waals surface area contributed by atoms with Crippen molar-refractivity contribution in [2.45, 2.75) is 43.9 Å². The third-order valence-corrected chi connectivity index (χ3v) is 8.53. The van der Waals surface area contributed by atoms with Crippen LogP contribution in [0.3, 0.4) is 0 Å². The summed E-state index contributed by atoms with van der Waals surface area (Å²) in [6.45, 7) is 0.608. The summed E-state index contributed by atoms with van der Waals surface area (Å²) >= 11 is 0. The Kier molecular flexibility index (Phi) is 9.87. The quantitative estimate of drug-likeness (QED) is 0.213. The number of ketones is 3. The molecule has 3 atom stereocenters. The number of rotatable bonds is 13. The zero-order valence-corrected chi connectivity index (χ0v) is 23.2. The average molecular weight is 561 g/mol. The Morgan fingerprint density at radius 2 is 1.79 bits per heavy atom. The van der Waals surface area contributed by atoms with Gasteiger partial charge in [0.25, 0.3) is 10.0 Å². The first-order chi connectivity index (χ1) is 18.4. The van der Waals surface area contributed by atoms with Crippen LogP contribution in [-0.4, -0.2) is 68.4 Å². The molecule has 0 radical (unpaired) electrons. The molecule has 0 aromatic heterocycles. The molecule has 0 saturated carbocycles. The SMILES string of the molecule is CC(=O)CC(=O)C(CO)C(CCO)CC1CC(=O)c2c(O)c(NS(=O)(=O)c3ccccc3)cc(N(C)C)c2C1. The van der Waals surface area contributed by atoms with Crippen molar-refractivity contribution in [2.75, 3.05) is 36.9 Å². The van der Waals surface area contributed by atoms with Crippen molar-refractivity contribution in [3.8, 4) is 5.75 Å². The molecule has 0 amide bonds. The van der Waals surface area contributed by atoms with Gasteiger partial charge in [-0.3, -0.25) is 19.1 Å². The maximum Gasteiger partial charge on any atom is 0.262 e. The van der Waals surface area contributed by atoms with E-state index in [1.54, 1.807) is 37.2 Å². The van der Waals surface area contributed by atoms with Crippen LogP contribution in [0.5, 0.6) is 5.75 Å². The van der Waals surface area contributed by atoms with E-state index in [2.05, 4.69) is 4.72 Å². The molecule has 10 nitrogen and oxygen atoms in total. The Morgan fingerprint density at radius 3 is 2.36 bits per heavy atom. The standard InChI is InChI=1S/C28H36N2O8S/c1-17(33)11-25(34)22(16-32)19(9-10-31)12-18-13-21-24(30(2)3)15-23(28(36)27(21)26(35)14-18)29-39(37,38)20-7-5-4-6-8-20/h4-8,15,18-19,22,29,31-32,36H,9-14,16H2,1-3H3. The molecule has 11 heteroatoms. The van der Waals surface area contributed by atoms with E-state index < -0.39 is 40.0 Å². The highest BCUT2D eigenvalue weighted by Crippen LogP contribution is 2.44. The van der Waals surface area contributed by atoms with Gasteiger partial charge < -0.3 is 20.2 Å². The number of aromatic hydroxyl groups is 1. The Labute approximate surface area is 228 Å². The van der Waals surface area contributed by atoms with Crippen LogP contribution in [0.15, 0.2) is 41.3 Å². The van der Waals surface area contributed by atoms with Crippen molar-refractivity contribution >= 4 is 38.7 Å². The zero-order chi connectivity index (χ0) is 28.9. The largest absolute Gasteiger partial charge is 0.505 e. The van der Waals surface area contributed by atoms with E-state index in [-0.39, 0.29) is 59.5 Å². The van der Waals surface area contributed by atoms with Crippen molar-refractivity contribution in [3.63, 3.8) is 0 Å². The molecule has 0 aliphatic heterocycles. The molecule has 0 bridgehead atoms. The van der Waals surface area contributed by atoms with E-state index in [0.717, 1.165) is 0 Å². The van der Waals surface area contributed by atoms with E-state index in [1.165, 1.54) is 25.1 Å². The lowest BCUT2D eigenvalue weighted by Crippen LogP contribution is -2.33. The second-order valence-electron chi connectivity index (χ2n) is 10.3. The molecular formula is C28H36N2O8S. The molecule has 3 rings (SSSR count). The molecule has 2 aromatic carbocycles. The number of sulfonamides is 1. The molecule has 212 valence electrons. The minimum Gasteiger partial charge on any atom is -0.505 e. The first-order valence-corrected chi connectivity index (χ1v) is 14.3. The fraction of sp³-hybridized carbons (Fsp3) is 0.464. The van der Waals surface area contributed by atoms with Crippen molar-refractivity contribution in [1.82, 2.24) is 0 Å². The molecule has 39 heavy (non-hydrogen) atoms. The van der Waals surface area contributed by atoms with E-state index in [4.69, 9.17) is 0 Å². The van der Waals surface area contributed by atoms with Gasteiger partial charge in [-0.25, -0.2) is 8.42 Å². The van der Waals surface area contributed by atoms with E-state index in [1.807, 2.05) is 0 Å². The maximum absolute atomic E-state index is 13.4. The van der Waals surface area contributed by atoms with E-state index >= 15 is 0 Å². The number of carbonyl (C=O) groups excluding carboxylic acids is 3. The summed E-state index contributed by atoms with van der Waals surface area (Å²) in [6.07, 6.45) is 0.646. The smallest absolute Gasteiger partial charge is 0.262 e. The molecule has 2 aromatic rings. The number of carbonyl (C=O) groups is 3. The second kappa shape index (κ2) is 12.7. The van der Waals surface area contributed by atoms with Gasteiger partial charge in [-0.15, -0.1) is 0 Å². The molecule has 0 heterocycles. The summed E-state index contributed by atoms with van der Waals surface area (Å²) < 4.78 is 28.2. The van der Waals surface area contributed by atoms with Gasteiger partial charge in [0, 0.05) is 38.7 Å². The summed E-state index contributed by atoms with van der Waals surface area (Å²) in [4.78, 5) is 39.2. The first-order valence-electron chi connectivity index (χ1n) is 12.8. The number of hydrogen-bond donors (Lipinski definition) is 4. The molecule has 1 aliphatic carbocycles. The number of anilines is 2. The number of fused-ring (bicyclic) bond motifs is 1. The van der Waals surface area contributed by atoms with Crippen molar-refractivity contribution in [2.24, 2.45) is 17.8 Å². The van der Waals surface area contributed by atoms with E-state index in [0.29, 0.717) is 24.1 Å². The number of benzene rings is 2. The number of hydrogen-bond acceptors (Lipinski definition) is 9. The molecule has 3 unspecified atom stereocenters. The van der Waals surface area contributed by atoms with Crippen molar-refractivity contribution in [1.29, 1.82) is 0 Å². The predicted molar refractivity (Wildman–Crippen MR) is 147 cm³/mol. The second-order valence-corrected chi connectivity index (χ2v) is 12.0. The monoisotopic (exact) mass is 560 g/mol. The third kappa shape index (κ3) is 7.03. The van der Waals surface area contributed by atoms with Crippen LogP contribution in [0.1, 0.15) is 48.5 Å². The third-order valence-electron chi connectivity index (χ3n) is 7.15. The van der Waals surface area contributed by atoms with Crippen LogP contribution in [0.4, 0.5) is 11.4 Å². The van der Waals surface area contributed by atoms with Crippen molar-refractivity contribution < 1.29 is 38.1 Å². The predicted octanol–water partition coefficient (Wildman–Crippen LogP) is 2.55. The number of aliphatic hydroxyl groups excluding tert-OH is 2. The number of aliphatic hydroxyl groups is 2. The summed E-state index contributed by atoms with van der Waals surface area (Å²) in [5.74, 6) is -3.07. The Bertz CT molecular complexity index is 1320. The highest BCUT2D eigenvalue weighted by atomic mass is 32.2. The Hall–Kier alpha value is -3.28. The van der Waals surface area contributed by atoms with Gasteiger partial charge in [0.1, 0.15) is 11.6 Å². The first kappa shape index (κ1) is 30.3. The fourth-order valence-corrected chi connectivity index (χ4v) is 6.42. The van der Waals surface area contributed by atoms with Gasteiger partial charge >= 0.3 is 0 Å². The van der Waals surface area contributed by atoms with Crippen LogP contribution in [0.2, 0.25) is 0 Å². The lowest BCUT2D eigenvalue weighted by Gasteiger charge is -2.33. The molecule has 0 saturated heterocycles. The van der Waals surface area contributed by atoms with E-state index in [9.17, 15) is 38.1 Å². The van der Waals surface area contributed by atoms with Gasteiger partial charge in [-0.1, -0.05) is 18.2 Å². The molecule has 4 N–H and O–H groups in total. The van der Waals surface area contributed by atoms with Gasteiger partial charge in [-0.05, 0) is 61.8 Å². The number of nitrogens with one attached hydrogen (secondary N) is 1. The zero-order valence-electron chi connectivity index (χ0n) is 22.4.